The van der Waals surface area contributed by atoms with Crippen molar-refractivity contribution in [2.24, 2.45) is 0 Å². The zero-order valence-electron chi connectivity index (χ0n) is 22.5. The third-order valence-electron chi connectivity index (χ3n) is 6.42. The zero-order valence-corrected chi connectivity index (χ0v) is 23.3. The molecular formula is C30H34N4O4S. The number of para-hydroxylation sites is 1. The third-order valence-corrected chi connectivity index (χ3v) is 6.97. The predicted molar refractivity (Wildman–Crippen MR) is 155 cm³/mol. The van der Waals surface area contributed by atoms with Gasteiger partial charge in [-0.25, -0.2) is 18.1 Å². The minimum absolute atomic E-state index is 0.0178. The van der Waals surface area contributed by atoms with Crippen molar-refractivity contribution < 1.29 is 18.0 Å². The minimum Gasteiger partial charge on any atom is -0.324 e. The van der Waals surface area contributed by atoms with E-state index in [2.05, 4.69) is 16.8 Å². The molecule has 1 heterocycles. The number of imidazole rings is 1. The van der Waals surface area contributed by atoms with E-state index in [9.17, 15) is 18.0 Å². The highest BCUT2D eigenvalue weighted by Crippen LogP contribution is 2.28. The van der Waals surface area contributed by atoms with Crippen LogP contribution in [-0.4, -0.2) is 36.0 Å². The third kappa shape index (κ3) is 6.92. The average Bonchev–Trinajstić information content (AvgIpc) is 3.25. The molecule has 0 spiro atoms. The maximum atomic E-state index is 12.6. The molecule has 0 saturated heterocycles. The standard InChI is InChI=1S/C30H34N4O4S/c1-4-6-15-27-32-29-25(31-28(35)10-5-2)13-9-14-26(29)34(27)20-21-16-18-22(19-17-21)23-11-7-8-12-24(23)30(36)33-39(3,37)38/h7-9,11-14,16-19H,4-6,10,15,20H2,1-3H3,(H,31,35)(H,33,36). The van der Waals surface area contributed by atoms with E-state index < -0.39 is 15.9 Å². The first-order valence-electron chi connectivity index (χ1n) is 13.2. The van der Waals surface area contributed by atoms with Gasteiger partial charge in [-0.3, -0.25) is 9.59 Å². The van der Waals surface area contributed by atoms with Crippen molar-refractivity contribution in [3.05, 3.63) is 83.7 Å². The van der Waals surface area contributed by atoms with Gasteiger partial charge in [0.05, 0.1) is 17.5 Å². The lowest BCUT2D eigenvalue weighted by molar-refractivity contribution is -0.116. The Kier molecular flexibility index (Phi) is 8.81. The summed E-state index contributed by atoms with van der Waals surface area (Å²) < 4.78 is 27.4. The van der Waals surface area contributed by atoms with Crippen LogP contribution in [0.1, 0.15) is 61.3 Å². The fourth-order valence-electron chi connectivity index (χ4n) is 4.57. The molecule has 0 unspecified atom stereocenters. The average molecular weight is 547 g/mol. The lowest BCUT2D eigenvalue weighted by Gasteiger charge is -2.12. The topological polar surface area (TPSA) is 110 Å². The number of sulfonamides is 1. The van der Waals surface area contributed by atoms with Gasteiger partial charge in [-0.15, -0.1) is 0 Å². The van der Waals surface area contributed by atoms with E-state index in [1.807, 2.05) is 60.2 Å². The molecule has 0 aliphatic rings. The summed E-state index contributed by atoms with van der Waals surface area (Å²) in [4.78, 5) is 29.8. The zero-order chi connectivity index (χ0) is 28.0. The maximum Gasteiger partial charge on any atom is 0.265 e. The van der Waals surface area contributed by atoms with Gasteiger partial charge in [-0.05, 0) is 47.7 Å². The molecule has 39 heavy (non-hydrogen) atoms. The number of unbranched alkanes of at least 4 members (excludes halogenated alkanes) is 1. The lowest BCUT2D eigenvalue weighted by atomic mass is 9.98. The van der Waals surface area contributed by atoms with E-state index in [1.54, 1.807) is 18.2 Å². The van der Waals surface area contributed by atoms with Crippen LogP contribution in [0.15, 0.2) is 66.7 Å². The number of aryl methyl sites for hydroxylation is 1. The van der Waals surface area contributed by atoms with Crippen LogP contribution in [0.25, 0.3) is 22.2 Å². The predicted octanol–water partition coefficient (Wildman–Crippen LogP) is 5.52. The fraction of sp³-hybridized carbons (Fsp3) is 0.300. The Labute approximate surface area is 229 Å². The van der Waals surface area contributed by atoms with Crippen molar-refractivity contribution in [3.8, 4) is 11.1 Å². The molecule has 0 saturated carbocycles. The van der Waals surface area contributed by atoms with Gasteiger partial charge in [0.25, 0.3) is 5.91 Å². The van der Waals surface area contributed by atoms with Crippen molar-refractivity contribution in [1.29, 1.82) is 0 Å². The Morgan fingerprint density at radius 3 is 2.36 bits per heavy atom. The molecule has 2 N–H and O–H groups in total. The molecule has 8 nitrogen and oxygen atoms in total. The Hall–Kier alpha value is -3.98. The second-order valence-corrected chi connectivity index (χ2v) is 11.4. The molecule has 0 fully saturated rings. The van der Waals surface area contributed by atoms with Gasteiger partial charge in [0, 0.05) is 24.9 Å². The summed E-state index contributed by atoms with van der Waals surface area (Å²) >= 11 is 0. The van der Waals surface area contributed by atoms with E-state index in [0.717, 1.165) is 65.6 Å². The summed E-state index contributed by atoms with van der Waals surface area (Å²) in [6.07, 6.45) is 5.08. The molecule has 0 atom stereocenters. The van der Waals surface area contributed by atoms with E-state index in [4.69, 9.17) is 4.98 Å². The molecular weight excluding hydrogens is 512 g/mol. The minimum atomic E-state index is -3.68. The van der Waals surface area contributed by atoms with E-state index in [0.29, 0.717) is 18.5 Å². The molecule has 204 valence electrons. The number of hydrogen-bond acceptors (Lipinski definition) is 5. The Balaban J connectivity index is 1.65. The molecule has 4 rings (SSSR count). The normalized spacial score (nSPS) is 11.5. The highest BCUT2D eigenvalue weighted by molar-refractivity contribution is 7.89. The molecule has 0 aliphatic heterocycles. The van der Waals surface area contributed by atoms with E-state index >= 15 is 0 Å². The summed E-state index contributed by atoms with van der Waals surface area (Å²) in [7, 11) is -3.68. The first-order valence-corrected chi connectivity index (χ1v) is 15.1. The quantitative estimate of drug-likeness (QED) is 0.257. The second-order valence-electron chi connectivity index (χ2n) is 9.64. The molecule has 0 bridgehead atoms. The van der Waals surface area contributed by atoms with Crippen molar-refractivity contribution in [1.82, 2.24) is 14.3 Å². The van der Waals surface area contributed by atoms with E-state index in [-0.39, 0.29) is 11.5 Å². The molecule has 0 radical (unpaired) electrons. The summed E-state index contributed by atoms with van der Waals surface area (Å²) in [5.41, 5.74) is 5.26. The van der Waals surface area contributed by atoms with Gasteiger partial charge in [0.2, 0.25) is 15.9 Å². The lowest BCUT2D eigenvalue weighted by Crippen LogP contribution is -2.29. The highest BCUT2D eigenvalue weighted by atomic mass is 32.2. The van der Waals surface area contributed by atoms with Crippen molar-refractivity contribution in [2.45, 2.75) is 52.5 Å². The second kappa shape index (κ2) is 12.3. The van der Waals surface area contributed by atoms with Gasteiger partial charge >= 0.3 is 0 Å². The number of benzene rings is 3. The molecule has 2 amide bonds. The highest BCUT2D eigenvalue weighted by Gasteiger charge is 2.17. The Morgan fingerprint density at radius 2 is 1.67 bits per heavy atom. The summed E-state index contributed by atoms with van der Waals surface area (Å²) in [5, 5.41) is 3.02. The van der Waals surface area contributed by atoms with Crippen molar-refractivity contribution in [3.63, 3.8) is 0 Å². The number of nitrogens with zero attached hydrogens (tertiary/aromatic N) is 2. The maximum absolute atomic E-state index is 12.6. The number of anilines is 1. The number of hydrogen-bond donors (Lipinski definition) is 2. The summed E-state index contributed by atoms with van der Waals surface area (Å²) in [6, 6.07) is 20.7. The van der Waals surface area contributed by atoms with Crippen LogP contribution in [0.2, 0.25) is 0 Å². The monoisotopic (exact) mass is 546 g/mol. The van der Waals surface area contributed by atoms with Gasteiger partial charge in [-0.1, -0.05) is 68.8 Å². The number of carbonyl (C=O) groups excluding carboxylic acids is 2. The first-order chi connectivity index (χ1) is 18.7. The van der Waals surface area contributed by atoms with Gasteiger partial charge in [-0.2, -0.15) is 0 Å². The van der Waals surface area contributed by atoms with Crippen molar-refractivity contribution in [2.75, 3.05) is 11.6 Å². The molecule has 1 aromatic heterocycles. The molecule has 4 aromatic rings. The van der Waals surface area contributed by atoms with Crippen LogP contribution in [0, 0.1) is 0 Å². The number of carbonyl (C=O) groups is 2. The van der Waals surface area contributed by atoms with Crippen LogP contribution in [0.4, 0.5) is 5.69 Å². The van der Waals surface area contributed by atoms with Crippen LogP contribution in [-0.2, 0) is 27.8 Å². The Bertz CT molecular complexity index is 1590. The largest absolute Gasteiger partial charge is 0.324 e. The smallest absolute Gasteiger partial charge is 0.265 e. The molecule has 3 aromatic carbocycles. The fourth-order valence-corrected chi connectivity index (χ4v) is 5.01. The van der Waals surface area contributed by atoms with Crippen LogP contribution >= 0.6 is 0 Å². The Morgan fingerprint density at radius 1 is 0.923 bits per heavy atom. The van der Waals surface area contributed by atoms with Crippen LogP contribution in [0.5, 0.6) is 0 Å². The first kappa shape index (κ1) is 28.0. The number of amides is 2. The number of aromatic nitrogens is 2. The van der Waals surface area contributed by atoms with Crippen LogP contribution < -0.4 is 10.0 Å². The molecule has 9 heteroatoms. The van der Waals surface area contributed by atoms with E-state index in [1.165, 1.54) is 0 Å². The number of rotatable bonds is 11. The summed E-state index contributed by atoms with van der Waals surface area (Å²) in [5.74, 6) is 0.288. The summed E-state index contributed by atoms with van der Waals surface area (Å²) in [6.45, 7) is 4.72. The number of fused-ring (bicyclic) bond motifs is 1. The van der Waals surface area contributed by atoms with Gasteiger partial charge in [0.15, 0.2) is 0 Å². The van der Waals surface area contributed by atoms with Crippen molar-refractivity contribution >= 4 is 38.6 Å². The SMILES string of the molecule is CCCCc1nc2c(NC(=O)CCC)cccc2n1Cc1ccc(-c2ccccc2C(=O)NS(C)(=O)=O)cc1. The van der Waals surface area contributed by atoms with Gasteiger partial charge in [0.1, 0.15) is 11.3 Å². The molecule has 0 aliphatic carbocycles. The van der Waals surface area contributed by atoms with Gasteiger partial charge < -0.3 is 9.88 Å². The van der Waals surface area contributed by atoms with Crippen LogP contribution in [0.3, 0.4) is 0 Å². The number of nitrogens with one attached hydrogen (secondary N) is 2.